The first kappa shape index (κ1) is 32.2. The maximum atomic E-state index is 2.46. The van der Waals surface area contributed by atoms with Gasteiger partial charge < -0.3 is 4.90 Å². The molecule has 262 valence electrons. The van der Waals surface area contributed by atoms with Crippen LogP contribution in [0.15, 0.2) is 224 Å². The molecule has 0 N–H and O–H groups in total. The van der Waals surface area contributed by atoms with Crippen molar-refractivity contribution in [1.29, 1.82) is 0 Å². The van der Waals surface area contributed by atoms with Gasteiger partial charge in [0.1, 0.15) is 0 Å². The van der Waals surface area contributed by atoms with Gasteiger partial charge in [-0.25, -0.2) is 0 Å². The molecule has 0 unspecified atom stereocenters. The molecule has 0 saturated heterocycles. The molecule has 0 fully saturated rings. The van der Waals surface area contributed by atoms with E-state index in [1.54, 1.807) is 0 Å². The number of hydrogen-bond donors (Lipinski definition) is 0. The molecule has 1 heteroatoms. The molecule has 10 aromatic carbocycles. The van der Waals surface area contributed by atoms with Gasteiger partial charge in [0.2, 0.25) is 0 Å². The zero-order chi connectivity index (χ0) is 37.1. The third-order valence-electron chi connectivity index (χ3n) is 11.9. The molecule has 1 aliphatic carbocycles. The highest BCUT2D eigenvalue weighted by Gasteiger charge is 2.46. The Labute approximate surface area is 327 Å². The van der Waals surface area contributed by atoms with Crippen molar-refractivity contribution in [2.45, 2.75) is 5.41 Å². The lowest BCUT2D eigenvalue weighted by Crippen LogP contribution is -2.28. The lowest BCUT2D eigenvalue weighted by molar-refractivity contribution is 0.768. The second-order valence-corrected chi connectivity index (χ2v) is 14.9. The third-order valence-corrected chi connectivity index (χ3v) is 11.9. The van der Waals surface area contributed by atoms with Crippen molar-refractivity contribution in [3.63, 3.8) is 0 Å². The van der Waals surface area contributed by atoms with Crippen molar-refractivity contribution >= 4 is 49.4 Å². The minimum atomic E-state index is -0.495. The first-order chi connectivity index (χ1) is 27.8. The van der Waals surface area contributed by atoms with E-state index in [-0.39, 0.29) is 0 Å². The predicted octanol–water partition coefficient (Wildman–Crippen LogP) is 14.6. The summed E-state index contributed by atoms with van der Waals surface area (Å²) in [5, 5.41) is 7.49. The lowest BCUT2D eigenvalue weighted by Gasteiger charge is -2.35. The zero-order valence-electron chi connectivity index (χ0n) is 30.8. The van der Waals surface area contributed by atoms with Gasteiger partial charge in [-0.15, -0.1) is 0 Å². The van der Waals surface area contributed by atoms with Crippen LogP contribution in [0.1, 0.15) is 22.3 Å². The summed E-state index contributed by atoms with van der Waals surface area (Å²) in [5.41, 5.74) is 12.9. The fourth-order valence-corrected chi connectivity index (χ4v) is 9.44. The smallest absolute Gasteiger partial charge is 0.0714 e. The summed E-state index contributed by atoms with van der Waals surface area (Å²) in [6.07, 6.45) is 0. The first-order valence-electron chi connectivity index (χ1n) is 19.4. The van der Waals surface area contributed by atoms with E-state index in [0.29, 0.717) is 0 Å². The summed E-state index contributed by atoms with van der Waals surface area (Å²) >= 11 is 0. The SMILES string of the molecule is c1ccc(C2(c3ccccc3)c3ccccc3-c3ccc(N(c4cccc(-c5cc6ccccc6c6ccccc56)c4)c4ccc5ccccc5c4)cc32)cc1. The van der Waals surface area contributed by atoms with Gasteiger partial charge >= 0.3 is 0 Å². The van der Waals surface area contributed by atoms with Gasteiger partial charge in [-0.05, 0) is 119 Å². The molecule has 0 amide bonds. The van der Waals surface area contributed by atoms with Gasteiger partial charge in [0.05, 0.1) is 5.41 Å². The molecule has 0 aromatic heterocycles. The van der Waals surface area contributed by atoms with Crippen molar-refractivity contribution in [3.05, 3.63) is 247 Å². The van der Waals surface area contributed by atoms with E-state index in [4.69, 9.17) is 0 Å². The Bertz CT molecular complexity index is 3050. The highest BCUT2D eigenvalue weighted by molar-refractivity contribution is 6.14. The van der Waals surface area contributed by atoms with Crippen LogP contribution in [0.4, 0.5) is 17.1 Å². The molecule has 1 nitrogen and oxygen atoms in total. The summed E-state index contributed by atoms with van der Waals surface area (Å²) in [6, 6.07) is 82.7. The molecule has 1 aliphatic rings. The molecule has 0 atom stereocenters. The zero-order valence-corrected chi connectivity index (χ0v) is 30.8. The van der Waals surface area contributed by atoms with Crippen molar-refractivity contribution in [2.75, 3.05) is 4.90 Å². The Kier molecular flexibility index (Phi) is 7.47. The van der Waals surface area contributed by atoms with E-state index in [2.05, 4.69) is 229 Å². The molecule has 0 radical (unpaired) electrons. The largest absolute Gasteiger partial charge is 0.310 e. The van der Waals surface area contributed by atoms with Gasteiger partial charge in [0, 0.05) is 17.1 Å². The van der Waals surface area contributed by atoms with Gasteiger partial charge in [0.15, 0.2) is 0 Å². The van der Waals surface area contributed by atoms with Crippen LogP contribution in [0.5, 0.6) is 0 Å². The number of benzene rings is 10. The molecule has 0 spiro atoms. The van der Waals surface area contributed by atoms with E-state index in [9.17, 15) is 0 Å². The minimum absolute atomic E-state index is 0.495. The van der Waals surface area contributed by atoms with E-state index < -0.39 is 5.41 Å². The molecule has 0 aliphatic heterocycles. The Morgan fingerprint density at radius 1 is 0.286 bits per heavy atom. The highest BCUT2D eigenvalue weighted by Crippen LogP contribution is 2.57. The molecule has 11 rings (SSSR count). The number of rotatable bonds is 6. The van der Waals surface area contributed by atoms with Crippen LogP contribution in [0.2, 0.25) is 0 Å². The summed E-state index contributed by atoms with van der Waals surface area (Å²) in [5.74, 6) is 0. The topological polar surface area (TPSA) is 3.24 Å². The van der Waals surface area contributed by atoms with E-state index in [1.165, 1.54) is 76.8 Å². The van der Waals surface area contributed by atoms with Crippen LogP contribution < -0.4 is 4.90 Å². The standard InChI is InChI=1S/C55H37N/c1-3-20-42(21-4-1)55(43-22-5-2-6-23-43)53-29-14-13-28-50(53)51-33-32-46(37-54(51)55)56(45-31-30-38-16-7-8-17-39(38)34-45)44-24-15-19-40(35-44)52-36-41-18-9-10-25-47(41)48-26-11-12-27-49(48)52/h1-37H. The summed E-state index contributed by atoms with van der Waals surface area (Å²) in [4.78, 5) is 2.45. The third kappa shape index (κ3) is 4.95. The second-order valence-electron chi connectivity index (χ2n) is 14.9. The van der Waals surface area contributed by atoms with Crippen molar-refractivity contribution < 1.29 is 0 Å². The number of hydrogen-bond acceptors (Lipinski definition) is 1. The maximum Gasteiger partial charge on any atom is 0.0714 e. The Morgan fingerprint density at radius 2 is 0.857 bits per heavy atom. The minimum Gasteiger partial charge on any atom is -0.310 e. The average Bonchev–Trinajstić information content (AvgIpc) is 3.57. The Hall–Kier alpha value is -7.22. The van der Waals surface area contributed by atoms with Crippen molar-refractivity contribution in [1.82, 2.24) is 0 Å². The molecule has 0 saturated carbocycles. The molecule has 0 heterocycles. The molecule has 0 bridgehead atoms. The van der Waals surface area contributed by atoms with Crippen molar-refractivity contribution in [2.24, 2.45) is 0 Å². The summed E-state index contributed by atoms with van der Waals surface area (Å²) in [7, 11) is 0. The molecular formula is C55H37N. The maximum absolute atomic E-state index is 2.46. The summed E-state index contributed by atoms with van der Waals surface area (Å²) < 4.78 is 0. The van der Waals surface area contributed by atoms with Gasteiger partial charge in [-0.1, -0.05) is 182 Å². The van der Waals surface area contributed by atoms with Gasteiger partial charge in [-0.3, -0.25) is 0 Å². The van der Waals surface area contributed by atoms with Crippen LogP contribution in [0.3, 0.4) is 0 Å². The van der Waals surface area contributed by atoms with Crippen LogP contribution in [0.25, 0.3) is 54.6 Å². The van der Waals surface area contributed by atoms with Crippen LogP contribution in [-0.4, -0.2) is 0 Å². The monoisotopic (exact) mass is 711 g/mol. The molecular weight excluding hydrogens is 675 g/mol. The predicted molar refractivity (Wildman–Crippen MR) is 236 cm³/mol. The lowest BCUT2D eigenvalue weighted by atomic mass is 9.67. The van der Waals surface area contributed by atoms with Gasteiger partial charge in [-0.2, -0.15) is 0 Å². The Balaban J connectivity index is 1.17. The Morgan fingerprint density at radius 3 is 1.64 bits per heavy atom. The van der Waals surface area contributed by atoms with Crippen molar-refractivity contribution in [3.8, 4) is 22.3 Å². The average molecular weight is 712 g/mol. The second kappa shape index (κ2) is 13.0. The summed E-state index contributed by atoms with van der Waals surface area (Å²) in [6.45, 7) is 0. The van der Waals surface area contributed by atoms with E-state index in [0.717, 1.165) is 17.1 Å². The van der Waals surface area contributed by atoms with Crippen LogP contribution in [-0.2, 0) is 5.41 Å². The number of fused-ring (bicyclic) bond motifs is 7. The fourth-order valence-electron chi connectivity index (χ4n) is 9.44. The van der Waals surface area contributed by atoms with Crippen LogP contribution >= 0.6 is 0 Å². The first-order valence-corrected chi connectivity index (χ1v) is 19.4. The normalized spacial score (nSPS) is 12.8. The van der Waals surface area contributed by atoms with Crippen LogP contribution in [0, 0.1) is 0 Å². The number of anilines is 3. The highest BCUT2D eigenvalue weighted by atomic mass is 15.1. The van der Waals surface area contributed by atoms with Gasteiger partial charge in [0.25, 0.3) is 0 Å². The van der Waals surface area contributed by atoms with E-state index >= 15 is 0 Å². The number of nitrogens with zero attached hydrogens (tertiary/aromatic N) is 1. The fraction of sp³-hybridized carbons (Fsp3) is 0.0182. The molecule has 10 aromatic rings. The quantitative estimate of drug-likeness (QED) is 0.155. The molecule has 56 heavy (non-hydrogen) atoms. The van der Waals surface area contributed by atoms with E-state index in [1.807, 2.05) is 0 Å².